The first-order valence-corrected chi connectivity index (χ1v) is 5.81. The van der Waals surface area contributed by atoms with Crippen molar-refractivity contribution in [2.45, 2.75) is 25.8 Å². The molecule has 0 amide bonds. The molecule has 0 spiro atoms. The minimum Gasteiger partial charge on any atom is -0.476 e. The van der Waals surface area contributed by atoms with Crippen molar-refractivity contribution in [3.8, 4) is 0 Å². The molecular weight excluding hydrogens is 214 g/mol. The quantitative estimate of drug-likeness (QED) is 0.841. The molecule has 15 heavy (non-hydrogen) atoms. The van der Waals surface area contributed by atoms with Gasteiger partial charge in [0, 0.05) is 0 Å². The largest absolute Gasteiger partial charge is 0.476 e. The maximum atomic E-state index is 10.6. The predicted molar refractivity (Wildman–Crippen MR) is 56.0 cm³/mol. The van der Waals surface area contributed by atoms with Crippen LogP contribution in [0, 0.1) is 0 Å². The van der Waals surface area contributed by atoms with Gasteiger partial charge < -0.3 is 5.11 Å². The van der Waals surface area contributed by atoms with Crippen molar-refractivity contribution in [3.63, 3.8) is 0 Å². The maximum absolute atomic E-state index is 10.6. The number of carbonyl (C=O) groups is 1. The van der Waals surface area contributed by atoms with E-state index in [2.05, 4.69) is 14.3 Å². The molecule has 0 aromatic carbocycles. The van der Waals surface area contributed by atoms with Crippen molar-refractivity contribution in [1.29, 1.82) is 0 Å². The van der Waals surface area contributed by atoms with Gasteiger partial charge in [0.25, 0.3) is 0 Å². The third-order valence-corrected chi connectivity index (χ3v) is 3.21. The number of aromatic carboxylic acids is 1. The van der Waals surface area contributed by atoms with E-state index >= 15 is 0 Å². The molecule has 0 aliphatic carbocycles. The summed E-state index contributed by atoms with van der Waals surface area (Å²) in [4.78, 5) is 16.8. The summed E-state index contributed by atoms with van der Waals surface area (Å²) in [7, 11) is 0. The van der Waals surface area contributed by atoms with Gasteiger partial charge in [-0.15, -0.1) is 0 Å². The smallest absolute Gasteiger partial charge is 0.366 e. The second-order valence-corrected chi connectivity index (χ2v) is 4.41. The number of likely N-dealkylation sites (tertiary alicyclic amines) is 1. The summed E-state index contributed by atoms with van der Waals surface area (Å²) >= 11 is 0.959. The topological polar surface area (TPSA) is 66.3 Å². The number of carboxylic acids is 1. The van der Waals surface area contributed by atoms with Crippen LogP contribution in [0.2, 0.25) is 0 Å². The van der Waals surface area contributed by atoms with E-state index in [-0.39, 0.29) is 5.01 Å². The van der Waals surface area contributed by atoms with Crippen LogP contribution in [-0.2, 0) is 6.54 Å². The van der Waals surface area contributed by atoms with Gasteiger partial charge in [-0.1, -0.05) is 6.42 Å². The summed E-state index contributed by atoms with van der Waals surface area (Å²) in [6, 6.07) is 0. The number of piperidine rings is 1. The van der Waals surface area contributed by atoms with Gasteiger partial charge in [0.15, 0.2) is 5.82 Å². The van der Waals surface area contributed by atoms with Crippen LogP contribution in [0.4, 0.5) is 0 Å². The SMILES string of the molecule is O=C(O)c1nc(CN2CCCCC2)ns1. The molecule has 2 rings (SSSR count). The lowest BCUT2D eigenvalue weighted by atomic mass is 10.1. The molecule has 1 aliphatic rings. The van der Waals surface area contributed by atoms with E-state index in [1.54, 1.807) is 0 Å². The molecule has 82 valence electrons. The van der Waals surface area contributed by atoms with E-state index in [4.69, 9.17) is 5.11 Å². The van der Waals surface area contributed by atoms with Gasteiger partial charge in [0.1, 0.15) is 0 Å². The Morgan fingerprint density at radius 1 is 1.40 bits per heavy atom. The average molecular weight is 227 g/mol. The molecule has 0 bridgehead atoms. The molecular formula is C9H13N3O2S. The van der Waals surface area contributed by atoms with E-state index in [1.807, 2.05) is 0 Å². The lowest BCUT2D eigenvalue weighted by Crippen LogP contribution is -2.29. The Morgan fingerprint density at radius 2 is 2.13 bits per heavy atom. The van der Waals surface area contributed by atoms with E-state index < -0.39 is 5.97 Å². The second kappa shape index (κ2) is 4.67. The predicted octanol–water partition coefficient (Wildman–Crippen LogP) is 1.22. The first kappa shape index (κ1) is 10.5. The molecule has 2 heterocycles. The summed E-state index contributed by atoms with van der Waals surface area (Å²) in [6.45, 7) is 2.83. The molecule has 5 nitrogen and oxygen atoms in total. The van der Waals surface area contributed by atoms with Gasteiger partial charge in [-0.05, 0) is 37.5 Å². The molecule has 1 saturated heterocycles. The number of nitrogens with zero attached hydrogens (tertiary/aromatic N) is 3. The normalized spacial score (nSPS) is 17.9. The fraction of sp³-hybridized carbons (Fsp3) is 0.667. The zero-order valence-electron chi connectivity index (χ0n) is 8.35. The van der Waals surface area contributed by atoms with E-state index in [0.29, 0.717) is 12.4 Å². The van der Waals surface area contributed by atoms with Gasteiger partial charge in [0.05, 0.1) is 6.54 Å². The van der Waals surface area contributed by atoms with Crippen LogP contribution < -0.4 is 0 Å². The van der Waals surface area contributed by atoms with Crippen molar-refractivity contribution in [2.24, 2.45) is 0 Å². The Bertz CT molecular complexity index is 347. The molecule has 1 aromatic heterocycles. The van der Waals surface area contributed by atoms with Crippen LogP contribution in [0.1, 0.15) is 34.9 Å². The van der Waals surface area contributed by atoms with Crippen molar-refractivity contribution in [1.82, 2.24) is 14.3 Å². The monoisotopic (exact) mass is 227 g/mol. The molecule has 0 unspecified atom stereocenters. The highest BCUT2D eigenvalue weighted by atomic mass is 32.1. The Morgan fingerprint density at radius 3 is 2.73 bits per heavy atom. The Hall–Kier alpha value is -1.01. The lowest BCUT2D eigenvalue weighted by molar-refractivity contribution is 0.0696. The van der Waals surface area contributed by atoms with Gasteiger partial charge in [-0.3, -0.25) is 4.90 Å². The highest BCUT2D eigenvalue weighted by Crippen LogP contribution is 2.12. The summed E-state index contributed by atoms with van der Waals surface area (Å²) in [5.74, 6) is -0.350. The Kier molecular flexibility index (Phi) is 3.27. The number of aromatic nitrogens is 2. The van der Waals surface area contributed by atoms with Gasteiger partial charge >= 0.3 is 5.97 Å². The summed E-state index contributed by atoms with van der Waals surface area (Å²) in [5, 5.41) is 8.78. The van der Waals surface area contributed by atoms with E-state index in [0.717, 1.165) is 24.6 Å². The minimum absolute atomic E-state index is 0.0852. The zero-order valence-corrected chi connectivity index (χ0v) is 9.16. The molecule has 1 aliphatic heterocycles. The van der Waals surface area contributed by atoms with Crippen molar-refractivity contribution in [3.05, 3.63) is 10.8 Å². The first-order chi connectivity index (χ1) is 7.25. The van der Waals surface area contributed by atoms with Crippen molar-refractivity contribution >= 4 is 17.5 Å². The summed E-state index contributed by atoms with van der Waals surface area (Å²) in [6.07, 6.45) is 3.73. The van der Waals surface area contributed by atoms with Crippen LogP contribution in [0.3, 0.4) is 0 Å². The Balaban J connectivity index is 1.94. The molecule has 1 N–H and O–H groups in total. The van der Waals surface area contributed by atoms with Crippen molar-refractivity contribution in [2.75, 3.05) is 13.1 Å². The molecule has 1 aromatic rings. The van der Waals surface area contributed by atoms with Crippen LogP contribution in [0.25, 0.3) is 0 Å². The maximum Gasteiger partial charge on any atom is 0.366 e. The molecule has 0 saturated carbocycles. The highest BCUT2D eigenvalue weighted by molar-refractivity contribution is 7.07. The fourth-order valence-electron chi connectivity index (χ4n) is 1.72. The number of hydrogen-bond donors (Lipinski definition) is 1. The van der Waals surface area contributed by atoms with Gasteiger partial charge in [-0.25, -0.2) is 9.78 Å². The molecule has 0 atom stereocenters. The fourth-order valence-corrected chi connectivity index (χ4v) is 2.24. The zero-order chi connectivity index (χ0) is 10.7. The lowest BCUT2D eigenvalue weighted by Gasteiger charge is -2.24. The van der Waals surface area contributed by atoms with Crippen LogP contribution in [-0.4, -0.2) is 38.4 Å². The number of rotatable bonds is 3. The second-order valence-electron chi connectivity index (χ2n) is 3.66. The third-order valence-electron chi connectivity index (χ3n) is 2.46. The van der Waals surface area contributed by atoms with E-state index in [9.17, 15) is 4.79 Å². The molecule has 0 radical (unpaired) electrons. The third kappa shape index (κ3) is 2.73. The number of carboxylic acid groups (broad SMARTS) is 1. The van der Waals surface area contributed by atoms with Crippen LogP contribution in [0.15, 0.2) is 0 Å². The van der Waals surface area contributed by atoms with Crippen LogP contribution >= 0.6 is 11.5 Å². The summed E-state index contributed by atoms with van der Waals surface area (Å²) < 4.78 is 4.04. The standard InChI is InChI=1S/C9H13N3O2S/c13-9(14)8-10-7(11-15-8)6-12-4-2-1-3-5-12/h1-6H2,(H,13,14). The minimum atomic E-state index is -0.989. The first-order valence-electron chi connectivity index (χ1n) is 5.04. The van der Waals surface area contributed by atoms with Crippen LogP contribution in [0.5, 0.6) is 0 Å². The Labute approximate surface area is 91.9 Å². The van der Waals surface area contributed by atoms with Gasteiger partial charge in [-0.2, -0.15) is 4.37 Å². The average Bonchev–Trinajstić information content (AvgIpc) is 2.68. The molecule has 1 fully saturated rings. The summed E-state index contributed by atoms with van der Waals surface area (Å²) in [5.41, 5.74) is 0. The highest BCUT2D eigenvalue weighted by Gasteiger charge is 2.15. The van der Waals surface area contributed by atoms with Crippen molar-refractivity contribution < 1.29 is 9.90 Å². The van der Waals surface area contributed by atoms with E-state index in [1.165, 1.54) is 19.3 Å². The molecule has 6 heteroatoms. The number of hydrogen-bond acceptors (Lipinski definition) is 5. The van der Waals surface area contributed by atoms with Gasteiger partial charge in [0.2, 0.25) is 5.01 Å².